The summed E-state index contributed by atoms with van der Waals surface area (Å²) >= 11 is 7.89. The van der Waals surface area contributed by atoms with Crippen LogP contribution in [0.4, 0.5) is 10.2 Å². The molecule has 0 atom stereocenters. The monoisotopic (exact) mass is 410 g/mol. The summed E-state index contributed by atoms with van der Waals surface area (Å²) in [6, 6.07) is 10.4. The number of rotatable bonds is 4. The Morgan fingerprint density at radius 1 is 1.04 bits per heavy atom. The average Bonchev–Trinajstić information content (AvgIpc) is 3.24. The molecule has 0 fully saturated rings. The van der Waals surface area contributed by atoms with E-state index in [0.717, 1.165) is 27.9 Å². The van der Waals surface area contributed by atoms with Gasteiger partial charge in [-0.05, 0) is 30.3 Å². The van der Waals surface area contributed by atoms with E-state index in [1.54, 1.807) is 35.9 Å². The van der Waals surface area contributed by atoms with Gasteiger partial charge in [-0.25, -0.2) is 14.4 Å². The number of carbonyl (C=O) groups is 1. The zero-order chi connectivity index (χ0) is 19.5. The average molecular weight is 411 g/mol. The molecule has 138 valence electrons. The van der Waals surface area contributed by atoms with Crippen molar-refractivity contribution in [3.8, 4) is 21.7 Å². The van der Waals surface area contributed by atoms with Gasteiger partial charge in [0.25, 0.3) is 5.91 Å². The van der Waals surface area contributed by atoms with Crippen LogP contribution in [0.25, 0.3) is 21.7 Å². The van der Waals surface area contributed by atoms with Crippen molar-refractivity contribution in [3.05, 3.63) is 83.0 Å². The Morgan fingerprint density at radius 2 is 1.89 bits per heavy atom. The van der Waals surface area contributed by atoms with E-state index in [-0.39, 0.29) is 5.56 Å². The smallest absolute Gasteiger partial charge is 0.259 e. The molecule has 0 aliphatic heterocycles. The molecule has 0 saturated heterocycles. The first-order valence-electron chi connectivity index (χ1n) is 8.18. The summed E-state index contributed by atoms with van der Waals surface area (Å²) in [5.74, 6) is -0.983. The first kappa shape index (κ1) is 18.2. The fourth-order valence-corrected chi connectivity index (χ4v) is 3.48. The predicted octanol–water partition coefficient (Wildman–Crippen LogP) is 5.31. The molecular weight excluding hydrogens is 399 g/mol. The maximum absolute atomic E-state index is 13.7. The summed E-state index contributed by atoms with van der Waals surface area (Å²) in [5.41, 5.74) is 2.46. The number of nitrogens with zero attached hydrogens (tertiary/aromatic N) is 3. The maximum Gasteiger partial charge on any atom is 0.259 e. The normalized spacial score (nSPS) is 10.6. The van der Waals surface area contributed by atoms with E-state index in [2.05, 4.69) is 20.3 Å². The molecule has 0 saturated carbocycles. The molecule has 4 rings (SSSR count). The fraction of sp³-hybridized carbons (Fsp3) is 0. The highest BCUT2D eigenvalue weighted by Crippen LogP contribution is 2.33. The number of hydrogen-bond acceptors (Lipinski definition) is 5. The minimum absolute atomic E-state index is 0.0972. The lowest BCUT2D eigenvalue weighted by Gasteiger charge is -2.09. The van der Waals surface area contributed by atoms with Crippen molar-refractivity contribution in [1.82, 2.24) is 15.0 Å². The molecule has 4 aromatic rings. The molecule has 1 amide bonds. The molecule has 0 radical (unpaired) electrons. The number of thiazole rings is 1. The van der Waals surface area contributed by atoms with Gasteiger partial charge in [0, 0.05) is 45.7 Å². The predicted molar refractivity (Wildman–Crippen MR) is 108 cm³/mol. The molecule has 0 aliphatic rings. The van der Waals surface area contributed by atoms with Crippen molar-refractivity contribution in [1.29, 1.82) is 0 Å². The first-order valence-corrected chi connectivity index (χ1v) is 9.44. The highest BCUT2D eigenvalue weighted by Gasteiger charge is 2.13. The van der Waals surface area contributed by atoms with Gasteiger partial charge in [-0.3, -0.25) is 9.78 Å². The van der Waals surface area contributed by atoms with Crippen LogP contribution in [-0.2, 0) is 0 Å². The van der Waals surface area contributed by atoms with Crippen LogP contribution in [0.5, 0.6) is 0 Å². The van der Waals surface area contributed by atoms with Crippen LogP contribution in [0.15, 0.2) is 66.6 Å². The van der Waals surface area contributed by atoms with Gasteiger partial charge in [0.1, 0.15) is 10.8 Å². The van der Waals surface area contributed by atoms with Gasteiger partial charge in [-0.15, -0.1) is 11.3 Å². The molecule has 0 aliphatic carbocycles. The van der Waals surface area contributed by atoms with Crippen molar-refractivity contribution < 1.29 is 9.18 Å². The Balaban J connectivity index is 1.58. The van der Waals surface area contributed by atoms with Gasteiger partial charge in [0.15, 0.2) is 5.82 Å². The highest BCUT2D eigenvalue weighted by atomic mass is 35.5. The van der Waals surface area contributed by atoms with E-state index in [4.69, 9.17) is 11.6 Å². The third-order valence-electron chi connectivity index (χ3n) is 3.98. The van der Waals surface area contributed by atoms with Crippen LogP contribution in [0.2, 0.25) is 5.02 Å². The summed E-state index contributed by atoms with van der Waals surface area (Å²) in [4.78, 5) is 24.4. The number of aromatic nitrogens is 3. The second kappa shape index (κ2) is 7.84. The van der Waals surface area contributed by atoms with Crippen molar-refractivity contribution in [2.24, 2.45) is 0 Å². The van der Waals surface area contributed by atoms with E-state index in [9.17, 15) is 9.18 Å². The van der Waals surface area contributed by atoms with E-state index in [0.29, 0.717) is 10.8 Å². The first-order chi connectivity index (χ1) is 13.6. The summed E-state index contributed by atoms with van der Waals surface area (Å²) in [6.45, 7) is 0. The summed E-state index contributed by atoms with van der Waals surface area (Å²) < 4.78 is 13.7. The van der Waals surface area contributed by atoms with Gasteiger partial charge < -0.3 is 5.32 Å². The van der Waals surface area contributed by atoms with Crippen LogP contribution < -0.4 is 5.32 Å². The second-order valence-corrected chi connectivity index (χ2v) is 7.08. The minimum Gasteiger partial charge on any atom is -0.306 e. The minimum atomic E-state index is -0.692. The molecule has 0 unspecified atom stereocenters. The number of benzene rings is 1. The molecule has 5 nitrogen and oxygen atoms in total. The topological polar surface area (TPSA) is 67.8 Å². The SMILES string of the molecule is O=C(Nc1ccc(-c2cc(-c3nccs3)ccc2Cl)cn1)c1ccncc1F. The Kier molecular flexibility index (Phi) is 5.10. The number of halogens is 2. The standard InChI is InChI=1S/C20H12ClFN4OS/c21-16-3-1-12(20-24-7-8-28-20)9-15(16)13-2-4-18(25-10-13)26-19(27)14-5-6-23-11-17(14)22/h1-11H,(H,25,26,27). The van der Waals surface area contributed by atoms with Gasteiger partial charge in [0.2, 0.25) is 0 Å². The van der Waals surface area contributed by atoms with Crippen molar-refractivity contribution in [2.75, 3.05) is 5.32 Å². The van der Waals surface area contributed by atoms with Gasteiger partial charge in [-0.1, -0.05) is 17.7 Å². The molecular formula is C20H12ClFN4OS. The number of amides is 1. The van der Waals surface area contributed by atoms with E-state index in [1.807, 2.05) is 23.6 Å². The van der Waals surface area contributed by atoms with Crippen LogP contribution in [0.3, 0.4) is 0 Å². The summed E-state index contributed by atoms with van der Waals surface area (Å²) in [6.07, 6.45) is 5.69. The quantitative estimate of drug-likeness (QED) is 0.495. The second-order valence-electron chi connectivity index (χ2n) is 5.77. The summed E-state index contributed by atoms with van der Waals surface area (Å²) in [5, 5.41) is 5.96. The Hall–Kier alpha value is -3.16. The van der Waals surface area contributed by atoms with Crippen molar-refractivity contribution in [2.45, 2.75) is 0 Å². The Morgan fingerprint density at radius 3 is 2.61 bits per heavy atom. The Labute approximate surface area is 168 Å². The van der Waals surface area contributed by atoms with E-state index < -0.39 is 11.7 Å². The van der Waals surface area contributed by atoms with E-state index in [1.165, 1.54) is 12.3 Å². The maximum atomic E-state index is 13.7. The molecule has 28 heavy (non-hydrogen) atoms. The number of anilines is 1. The molecule has 8 heteroatoms. The lowest BCUT2D eigenvalue weighted by Crippen LogP contribution is -2.14. The molecule has 3 aromatic heterocycles. The molecule has 0 spiro atoms. The van der Waals surface area contributed by atoms with Crippen molar-refractivity contribution >= 4 is 34.7 Å². The van der Waals surface area contributed by atoms with Crippen molar-refractivity contribution in [3.63, 3.8) is 0 Å². The Bertz CT molecular complexity index is 1130. The largest absolute Gasteiger partial charge is 0.306 e. The van der Waals surface area contributed by atoms with Crippen LogP contribution in [0.1, 0.15) is 10.4 Å². The number of nitrogens with one attached hydrogen (secondary N) is 1. The number of carbonyl (C=O) groups excluding carboxylic acids is 1. The van der Waals surface area contributed by atoms with Gasteiger partial charge >= 0.3 is 0 Å². The molecule has 1 N–H and O–H groups in total. The van der Waals surface area contributed by atoms with Crippen LogP contribution in [0, 0.1) is 5.82 Å². The summed E-state index contributed by atoms with van der Waals surface area (Å²) in [7, 11) is 0. The molecule has 3 heterocycles. The number of pyridine rings is 2. The van der Waals surface area contributed by atoms with Crippen LogP contribution in [-0.4, -0.2) is 20.9 Å². The van der Waals surface area contributed by atoms with Gasteiger partial charge in [-0.2, -0.15) is 0 Å². The lowest BCUT2D eigenvalue weighted by molar-refractivity contribution is 0.102. The molecule has 1 aromatic carbocycles. The lowest BCUT2D eigenvalue weighted by atomic mass is 10.0. The fourth-order valence-electron chi connectivity index (χ4n) is 2.62. The zero-order valence-electron chi connectivity index (χ0n) is 14.3. The number of hydrogen-bond donors (Lipinski definition) is 1. The van der Waals surface area contributed by atoms with E-state index >= 15 is 0 Å². The molecule has 0 bridgehead atoms. The highest BCUT2D eigenvalue weighted by molar-refractivity contribution is 7.13. The third kappa shape index (κ3) is 3.76. The zero-order valence-corrected chi connectivity index (χ0v) is 15.8. The third-order valence-corrected chi connectivity index (χ3v) is 5.13. The van der Waals surface area contributed by atoms with Crippen LogP contribution >= 0.6 is 22.9 Å². The van der Waals surface area contributed by atoms with Gasteiger partial charge in [0.05, 0.1) is 11.8 Å².